The van der Waals surface area contributed by atoms with E-state index >= 15 is 0 Å². The molecule has 2 nitrogen and oxygen atoms in total. The molecule has 3 heteroatoms. The molecule has 0 aromatic carbocycles. The number of aromatic nitrogens is 2. The maximum absolute atomic E-state index is 4.12. The van der Waals surface area contributed by atoms with Gasteiger partial charge >= 0.3 is 0 Å². The predicted octanol–water partition coefficient (Wildman–Crippen LogP) is 1.64. The molecular weight excluding hydrogens is 144 g/mol. The zero-order valence-corrected chi connectivity index (χ0v) is 6.14. The minimum Gasteiger partial charge on any atom is -0.244 e. The van der Waals surface area contributed by atoms with Gasteiger partial charge in [-0.1, -0.05) is 17.8 Å². The van der Waals surface area contributed by atoms with Crippen LogP contribution in [0.4, 0.5) is 0 Å². The highest BCUT2D eigenvalue weighted by Gasteiger charge is 2.04. The molecule has 0 amide bonds. The monoisotopic (exact) mass is 150 g/mol. The molecule has 0 saturated heterocycles. The van der Waals surface area contributed by atoms with E-state index in [1.54, 1.807) is 18.1 Å². The molecule has 0 fully saturated rings. The van der Waals surface area contributed by atoms with E-state index in [-0.39, 0.29) is 0 Å². The van der Waals surface area contributed by atoms with Crippen molar-refractivity contribution in [1.29, 1.82) is 0 Å². The lowest BCUT2D eigenvalue weighted by atomic mass is 10.2. The average molecular weight is 150 g/mol. The minimum atomic E-state index is 0.975. The van der Waals surface area contributed by atoms with Crippen molar-refractivity contribution in [2.24, 2.45) is 0 Å². The molecule has 2 rings (SSSR count). The van der Waals surface area contributed by atoms with E-state index in [2.05, 4.69) is 21.5 Å². The first-order valence-electron chi connectivity index (χ1n) is 3.07. The van der Waals surface area contributed by atoms with Crippen molar-refractivity contribution in [2.75, 3.05) is 0 Å². The Kier molecular flexibility index (Phi) is 1.43. The third kappa shape index (κ3) is 0.926. The van der Waals surface area contributed by atoms with Crippen molar-refractivity contribution < 1.29 is 0 Å². The molecule has 0 unspecified atom stereocenters. The van der Waals surface area contributed by atoms with Gasteiger partial charge in [-0.15, -0.1) is 0 Å². The Morgan fingerprint density at radius 2 is 2.50 bits per heavy atom. The van der Waals surface area contributed by atoms with E-state index in [1.165, 1.54) is 5.56 Å². The van der Waals surface area contributed by atoms with Crippen LogP contribution in [0.1, 0.15) is 5.56 Å². The number of hydrogen-bond donors (Lipinski definition) is 0. The summed E-state index contributed by atoms with van der Waals surface area (Å²) < 4.78 is 0. The molecule has 1 aliphatic heterocycles. The average Bonchev–Trinajstić information content (AvgIpc) is 2.05. The van der Waals surface area contributed by atoms with Gasteiger partial charge < -0.3 is 0 Å². The second-order valence-corrected chi connectivity index (χ2v) is 2.94. The number of nitrogens with zero attached hydrogens (tertiary/aromatic N) is 2. The van der Waals surface area contributed by atoms with Gasteiger partial charge in [0.1, 0.15) is 11.4 Å². The fourth-order valence-corrected chi connectivity index (χ4v) is 1.60. The van der Waals surface area contributed by atoms with Gasteiger partial charge in [-0.05, 0) is 11.8 Å². The lowest BCUT2D eigenvalue weighted by Gasteiger charge is -2.05. The van der Waals surface area contributed by atoms with Crippen molar-refractivity contribution in [2.45, 2.75) is 11.4 Å². The lowest BCUT2D eigenvalue weighted by Crippen LogP contribution is -1.93. The molecule has 0 saturated carbocycles. The van der Waals surface area contributed by atoms with Crippen LogP contribution in [-0.2, 0) is 6.42 Å². The highest BCUT2D eigenvalue weighted by atomic mass is 32.2. The summed E-state index contributed by atoms with van der Waals surface area (Å²) in [5, 5.41) is 3.16. The first-order valence-corrected chi connectivity index (χ1v) is 3.95. The number of rotatable bonds is 0. The molecule has 0 spiro atoms. The van der Waals surface area contributed by atoms with Gasteiger partial charge in [-0.25, -0.2) is 9.97 Å². The van der Waals surface area contributed by atoms with Gasteiger partial charge in [0, 0.05) is 11.8 Å². The topological polar surface area (TPSA) is 25.8 Å². The van der Waals surface area contributed by atoms with E-state index in [1.807, 2.05) is 6.20 Å². The Morgan fingerprint density at radius 3 is 3.40 bits per heavy atom. The minimum absolute atomic E-state index is 0.975. The number of thioether (sulfide) groups is 1. The molecule has 0 radical (unpaired) electrons. The Labute approximate surface area is 63.4 Å². The molecular formula is C7H6N2S. The van der Waals surface area contributed by atoms with Gasteiger partial charge in [0.2, 0.25) is 0 Å². The zero-order chi connectivity index (χ0) is 6.81. The van der Waals surface area contributed by atoms with Crippen LogP contribution in [0.5, 0.6) is 0 Å². The van der Waals surface area contributed by atoms with E-state index < -0.39 is 0 Å². The first-order chi connectivity index (χ1) is 4.97. The van der Waals surface area contributed by atoms with Crippen LogP contribution in [0.2, 0.25) is 0 Å². The standard InChI is InChI=1S/C7H6N2S/c1-2-6-4-8-5-9-7(6)10-3-1/h1,3-5H,2H2. The normalized spacial score (nSPS) is 14.8. The van der Waals surface area contributed by atoms with Crippen molar-refractivity contribution >= 4 is 11.8 Å². The summed E-state index contributed by atoms with van der Waals surface area (Å²) in [6, 6.07) is 0. The van der Waals surface area contributed by atoms with Crippen LogP contribution in [0, 0.1) is 0 Å². The summed E-state index contributed by atoms with van der Waals surface area (Å²) >= 11 is 1.66. The third-order valence-corrected chi connectivity index (χ3v) is 2.28. The largest absolute Gasteiger partial charge is 0.244 e. The fraction of sp³-hybridized carbons (Fsp3) is 0.143. The van der Waals surface area contributed by atoms with Crippen LogP contribution >= 0.6 is 11.8 Å². The maximum Gasteiger partial charge on any atom is 0.116 e. The molecule has 0 atom stereocenters. The highest BCUT2D eigenvalue weighted by Crippen LogP contribution is 2.24. The smallest absolute Gasteiger partial charge is 0.116 e. The fourth-order valence-electron chi connectivity index (χ4n) is 0.881. The van der Waals surface area contributed by atoms with E-state index in [9.17, 15) is 0 Å². The first kappa shape index (κ1) is 5.92. The Bertz CT molecular complexity index is 243. The van der Waals surface area contributed by atoms with E-state index in [0.29, 0.717) is 0 Å². The molecule has 1 aromatic heterocycles. The van der Waals surface area contributed by atoms with Gasteiger partial charge in [0.25, 0.3) is 0 Å². The third-order valence-electron chi connectivity index (χ3n) is 1.36. The van der Waals surface area contributed by atoms with E-state index in [4.69, 9.17) is 0 Å². The molecule has 1 aromatic rings. The zero-order valence-electron chi connectivity index (χ0n) is 5.32. The number of allylic oxidation sites excluding steroid dienone is 1. The van der Waals surface area contributed by atoms with Gasteiger partial charge in [-0.3, -0.25) is 0 Å². The number of fused-ring (bicyclic) bond motifs is 1. The SMILES string of the molecule is C1=CSc2ncncc2C1. The van der Waals surface area contributed by atoms with Gasteiger partial charge in [0.05, 0.1) is 0 Å². The van der Waals surface area contributed by atoms with Crippen LogP contribution in [0.3, 0.4) is 0 Å². The Morgan fingerprint density at radius 1 is 1.50 bits per heavy atom. The van der Waals surface area contributed by atoms with Crippen LogP contribution in [0.25, 0.3) is 0 Å². The summed E-state index contributed by atoms with van der Waals surface area (Å²) in [6.45, 7) is 0. The van der Waals surface area contributed by atoms with Crippen LogP contribution in [0.15, 0.2) is 29.0 Å². The Balaban J connectivity index is 2.47. The van der Waals surface area contributed by atoms with Crippen LogP contribution in [-0.4, -0.2) is 9.97 Å². The van der Waals surface area contributed by atoms with Crippen LogP contribution < -0.4 is 0 Å². The summed E-state index contributed by atoms with van der Waals surface area (Å²) in [5.41, 5.74) is 1.23. The molecule has 50 valence electrons. The molecule has 1 aliphatic rings. The molecule has 0 N–H and O–H groups in total. The second kappa shape index (κ2) is 2.42. The molecule has 10 heavy (non-hydrogen) atoms. The van der Waals surface area contributed by atoms with E-state index in [0.717, 1.165) is 11.4 Å². The van der Waals surface area contributed by atoms with Gasteiger partial charge in [-0.2, -0.15) is 0 Å². The van der Waals surface area contributed by atoms with Crippen molar-refractivity contribution in [3.05, 3.63) is 29.6 Å². The predicted molar refractivity (Wildman–Crippen MR) is 40.7 cm³/mol. The summed E-state index contributed by atoms with van der Waals surface area (Å²) in [4.78, 5) is 8.06. The van der Waals surface area contributed by atoms with Crippen molar-refractivity contribution in [1.82, 2.24) is 9.97 Å². The summed E-state index contributed by atoms with van der Waals surface area (Å²) in [5.74, 6) is 0. The maximum atomic E-state index is 4.12. The van der Waals surface area contributed by atoms with Crippen molar-refractivity contribution in [3.63, 3.8) is 0 Å². The molecule has 0 aliphatic carbocycles. The quantitative estimate of drug-likeness (QED) is 0.526. The highest BCUT2D eigenvalue weighted by molar-refractivity contribution is 8.02. The molecule has 0 bridgehead atoms. The Hall–Kier alpha value is -0.830. The van der Waals surface area contributed by atoms with Crippen molar-refractivity contribution in [3.8, 4) is 0 Å². The van der Waals surface area contributed by atoms with Gasteiger partial charge in [0.15, 0.2) is 0 Å². The number of hydrogen-bond acceptors (Lipinski definition) is 3. The second-order valence-electron chi connectivity index (χ2n) is 2.05. The summed E-state index contributed by atoms with van der Waals surface area (Å²) in [7, 11) is 0. The lowest BCUT2D eigenvalue weighted by molar-refractivity contribution is 0.971. The molecule has 2 heterocycles. The summed E-state index contributed by atoms with van der Waals surface area (Å²) in [6.07, 6.45) is 6.56.